The minimum absolute atomic E-state index is 0.379. The van der Waals surface area contributed by atoms with Gasteiger partial charge in [0.05, 0.1) is 17.9 Å². The smallest absolute Gasteiger partial charge is 0.191 e. The molecular formula is C24H29N7. The Bertz CT molecular complexity index is 1040. The number of nitrogens with two attached hydrogens (primary N) is 1. The topological polar surface area (TPSA) is 104 Å². The summed E-state index contributed by atoms with van der Waals surface area (Å²) in [4.78, 5) is 4.65. The summed E-state index contributed by atoms with van der Waals surface area (Å²) in [5.74, 6) is 1.16. The first-order valence-corrected chi connectivity index (χ1v) is 10.5. The van der Waals surface area contributed by atoms with Crippen LogP contribution in [0, 0.1) is 18.3 Å². The van der Waals surface area contributed by atoms with Crippen molar-refractivity contribution >= 4 is 11.8 Å². The fourth-order valence-corrected chi connectivity index (χ4v) is 3.21. The van der Waals surface area contributed by atoms with Crippen molar-refractivity contribution in [2.45, 2.75) is 33.2 Å². The molecule has 3 aromatic rings. The zero-order valence-electron chi connectivity index (χ0n) is 18.1. The van der Waals surface area contributed by atoms with E-state index < -0.39 is 0 Å². The van der Waals surface area contributed by atoms with Crippen LogP contribution in [0.15, 0.2) is 59.6 Å². The predicted octanol–water partition coefficient (Wildman–Crippen LogP) is 3.32. The summed E-state index contributed by atoms with van der Waals surface area (Å²) in [5.41, 5.74) is 10.6. The van der Waals surface area contributed by atoms with Crippen molar-refractivity contribution in [3.05, 3.63) is 77.0 Å². The molecule has 31 heavy (non-hydrogen) atoms. The van der Waals surface area contributed by atoms with E-state index in [4.69, 9.17) is 5.73 Å². The maximum absolute atomic E-state index is 9.54. The van der Waals surface area contributed by atoms with E-state index in [9.17, 15) is 5.26 Å². The number of anilines is 1. The average Bonchev–Trinajstić information content (AvgIpc) is 3.11. The first kappa shape index (κ1) is 21.9. The summed E-state index contributed by atoms with van der Waals surface area (Å²) in [6, 6.07) is 20.2. The van der Waals surface area contributed by atoms with Gasteiger partial charge in [0, 0.05) is 13.1 Å². The zero-order valence-corrected chi connectivity index (χ0v) is 18.1. The van der Waals surface area contributed by atoms with Gasteiger partial charge in [0.15, 0.2) is 5.96 Å². The summed E-state index contributed by atoms with van der Waals surface area (Å²) >= 11 is 0. The number of hydrogen-bond acceptors (Lipinski definition) is 4. The lowest BCUT2D eigenvalue weighted by Crippen LogP contribution is -2.37. The van der Waals surface area contributed by atoms with Gasteiger partial charge in [-0.15, -0.1) is 0 Å². The fourth-order valence-electron chi connectivity index (χ4n) is 3.21. The normalized spacial score (nSPS) is 11.2. The standard InChI is InChI=1S/C24H29N7/c1-3-27-24(29-17-19-13-11-18(2)12-14-19)28-15-7-10-22-21(16-25)23(26)31(30-22)20-8-5-4-6-9-20/h4-6,8-9,11-14H,3,7,10,15,17,26H2,1-2H3,(H2,27,28,29). The first-order chi connectivity index (χ1) is 15.1. The number of nitrogen functional groups attached to an aromatic ring is 1. The molecule has 0 radical (unpaired) electrons. The molecule has 4 N–H and O–H groups in total. The third-order valence-electron chi connectivity index (χ3n) is 4.87. The Hall–Kier alpha value is -3.79. The van der Waals surface area contributed by atoms with E-state index in [1.807, 2.05) is 37.3 Å². The van der Waals surface area contributed by atoms with Gasteiger partial charge in [-0.05, 0) is 44.4 Å². The van der Waals surface area contributed by atoms with E-state index in [-0.39, 0.29) is 0 Å². The third-order valence-corrected chi connectivity index (χ3v) is 4.87. The van der Waals surface area contributed by atoms with Crippen LogP contribution < -0.4 is 16.4 Å². The van der Waals surface area contributed by atoms with Gasteiger partial charge in [0.1, 0.15) is 17.5 Å². The molecule has 7 nitrogen and oxygen atoms in total. The van der Waals surface area contributed by atoms with Gasteiger partial charge in [-0.3, -0.25) is 0 Å². The van der Waals surface area contributed by atoms with Crippen LogP contribution >= 0.6 is 0 Å². The first-order valence-electron chi connectivity index (χ1n) is 10.5. The number of aliphatic imine (C=N–C) groups is 1. The summed E-state index contributed by atoms with van der Waals surface area (Å²) in [5, 5.41) is 20.7. The molecule has 7 heteroatoms. The van der Waals surface area contributed by atoms with E-state index in [1.165, 1.54) is 11.1 Å². The number of nitrogens with one attached hydrogen (secondary N) is 2. The Balaban J connectivity index is 1.59. The Morgan fingerprint density at radius 3 is 2.55 bits per heavy atom. The van der Waals surface area contributed by atoms with Crippen LogP contribution in [0.2, 0.25) is 0 Å². The van der Waals surface area contributed by atoms with Gasteiger partial charge in [-0.1, -0.05) is 48.0 Å². The van der Waals surface area contributed by atoms with Crippen molar-refractivity contribution in [2.24, 2.45) is 4.99 Å². The quantitative estimate of drug-likeness (QED) is 0.297. The molecular weight excluding hydrogens is 386 g/mol. The summed E-state index contributed by atoms with van der Waals surface area (Å²) in [6.07, 6.45) is 1.45. The van der Waals surface area contributed by atoms with Crippen molar-refractivity contribution < 1.29 is 0 Å². The lowest BCUT2D eigenvalue weighted by molar-refractivity contribution is 0.723. The molecule has 0 amide bonds. The molecule has 0 fully saturated rings. The largest absolute Gasteiger partial charge is 0.382 e. The van der Waals surface area contributed by atoms with Crippen LogP contribution in [0.3, 0.4) is 0 Å². The Morgan fingerprint density at radius 1 is 1.13 bits per heavy atom. The van der Waals surface area contributed by atoms with Gasteiger partial charge in [0.25, 0.3) is 0 Å². The SMILES string of the molecule is CCNC(=NCc1ccc(C)cc1)NCCCc1nn(-c2ccccc2)c(N)c1C#N. The number of aromatic nitrogens is 2. The minimum Gasteiger partial charge on any atom is -0.382 e. The number of guanidine groups is 1. The van der Waals surface area contributed by atoms with Crippen LogP contribution in [0.1, 0.15) is 35.7 Å². The van der Waals surface area contributed by atoms with Crippen molar-refractivity contribution in [2.75, 3.05) is 18.8 Å². The van der Waals surface area contributed by atoms with E-state index in [0.717, 1.165) is 24.6 Å². The van der Waals surface area contributed by atoms with Gasteiger partial charge < -0.3 is 16.4 Å². The second-order valence-corrected chi connectivity index (χ2v) is 7.28. The predicted molar refractivity (Wildman–Crippen MR) is 125 cm³/mol. The fraction of sp³-hybridized carbons (Fsp3) is 0.292. The van der Waals surface area contributed by atoms with Gasteiger partial charge >= 0.3 is 0 Å². The van der Waals surface area contributed by atoms with Crippen LogP contribution in [0.25, 0.3) is 5.69 Å². The highest BCUT2D eigenvalue weighted by Gasteiger charge is 2.16. The molecule has 0 aliphatic heterocycles. The molecule has 160 valence electrons. The Labute approximate surface area is 183 Å². The number of nitrogens with zero attached hydrogens (tertiary/aromatic N) is 4. The third kappa shape index (κ3) is 5.86. The van der Waals surface area contributed by atoms with E-state index in [2.05, 4.69) is 58.0 Å². The van der Waals surface area contributed by atoms with Crippen LogP contribution in [0.5, 0.6) is 0 Å². The van der Waals surface area contributed by atoms with Crippen molar-refractivity contribution in [1.29, 1.82) is 5.26 Å². The second-order valence-electron chi connectivity index (χ2n) is 7.28. The van der Waals surface area contributed by atoms with Crippen molar-refractivity contribution in [1.82, 2.24) is 20.4 Å². The maximum atomic E-state index is 9.54. The van der Waals surface area contributed by atoms with Crippen molar-refractivity contribution in [3.63, 3.8) is 0 Å². The summed E-state index contributed by atoms with van der Waals surface area (Å²) in [6.45, 7) is 6.24. The van der Waals surface area contributed by atoms with Crippen LogP contribution in [-0.2, 0) is 13.0 Å². The molecule has 0 bridgehead atoms. The molecule has 0 aliphatic rings. The minimum atomic E-state index is 0.379. The molecule has 3 rings (SSSR count). The Kier molecular flexibility index (Phi) is 7.66. The van der Waals surface area contributed by atoms with Gasteiger partial charge in [-0.2, -0.15) is 10.4 Å². The molecule has 0 unspecified atom stereocenters. The number of aryl methyl sites for hydroxylation is 2. The molecule has 0 atom stereocenters. The van der Waals surface area contributed by atoms with Crippen LogP contribution in [-0.4, -0.2) is 28.8 Å². The molecule has 2 aromatic carbocycles. The highest BCUT2D eigenvalue weighted by Crippen LogP contribution is 2.21. The zero-order chi connectivity index (χ0) is 22.1. The molecule has 0 saturated carbocycles. The summed E-state index contributed by atoms with van der Waals surface area (Å²) in [7, 11) is 0. The maximum Gasteiger partial charge on any atom is 0.191 e. The van der Waals surface area contributed by atoms with Gasteiger partial charge in [0.2, 0.25) is 0 Å². The number of benzene rings is 2. The number of hydrogen-bond donors (Lipinski definition) is 3. The second kappa shape index (κ2) is 10.8. The Morgan fingerprint density at radius 2 is 1.87 bits per heavy atom. The molecule has 0 spiro atoms. The average molecular weight is 416 g/mol. The van der Waals surface area contributed by atoms with E-state index in [1.54, 1.807) is 4.68 Å². The molecule has 1 aromatic heterocycles. The number of para-hydroxylation sites is 1. The monoisotopic (exact) mass is 415 g/mol. The van der Waals surface area contributed by atoms with E-state index in [0.29, 0.717) is 36.6 Å². The highest BCUT2D eigenvalue weighted by atomic mass is 15.3. The van der Waals surface area contributed by atoms with Gasteiger partial charge in [-0.25, -0.2) is 9.67 Å². The molecule has 0 saturated heterocycles. The van der Waals surface area contributed by atoms with Crippen LogP contribution in [0.4, 0.5) is 5.82 Å². The number of nitriles is 1. The number of rotatable bonds is 8. The summed E-state index contributed by atoms with van der Waals surface area (Å²) < 4.78 is 1.63. The molecule has 1 heterocycles. The highest BCUT2D eigenvalue weighted by molar-refractivity contribution is 5.79. The van der Waals surface area contributed by atoms with E-state index >= 15 is 0 Å². The molecule has 0 aliphatic carbocycles. The van der Waals surface area contributed by atoms with Crippen molar-refractivity contribution in [3.8, 4) is 11.8 Å². The lowest BCUT2D eigenvalue weighted by atomic mass is 10.1. The lowest BCUT2D eigenvalue weighted by Gasteiger charge is -2.11.